The van der Waals surface area contributed by atoms with Gasteiger partial charge in [-0.2, -0.15) is 0 Å². The zero-order valence-corrected chi connectivity index (χ0v) is 18.3. The van der Waals surface area contributed by atoms with Crippen LogP contribution in [-0.4, -0.2) is 37.4 Å². The van der Waals surface area contributed by atoms with Gasteiger partial charge in [0, 0.05) is 31.9 Å². The van der Waals surface area contributed by atoms with E-state index in [4.69, 9.17) is 4.74 Å². The number of hydrogen-bond donors (Lipinski definition) is 1. The Morgan fingerprint density at radius 1 is 1.11 bits per heavy atom. The Balaban J connectivity index is 2.02. The van der Waals surface area contributed by atoms with Crippen LogP contribution in [-0.2, 0) is 16.0 Å². The number of rotatable bonds is 10. The summed E-state index contributed by atoms with van der Waals surface area (Å²) < 4.78 is 5.11. The van der Waals surface area contributed by atoms with E-state index in [0.29, 0.717) is 0 Å². The van der Waals surface area contributed by atoms with Gasteiger partial charge in [0.1, 0.15) is 0 Å². The Kier molecular flexibility index (Phi) is 8.51. The maximum atomic E-state index is 13.4. The number of unbranched alkanes of at least 4 members (excludes halogenated alkanes) is 1. The summed E-state index contributed by atoms with van der Waals surface area (Å²) in [6.07, 6.45) is 8.87. The highest BCUT2D eigenvalue weighted by atomic mass is 16.5. The van der Waals surface area contributed by atoms with Crippen molar-refractivity contribution in [2.45, 2.75) is 83.7 Å². The molecule has 0 radical (unpaired) electrons. The summed E-state index contributed by atoms with van der Waals surface area (Å²) in [4.78, 5) is 15.2. The third-order valence-corrected chi connectivity index (χ3v) is 6.71. The summed E-state index contributed by atoms with van der Waals surface area (Å²) in [7, 11) is 3.61. The molecule has 0 atom stereocenters. The number of nitrogens with zero attached hydrogens (tertiary/aromatic N) is 1. The molecule has 158 valence electrons. The fourth-order valence-electron chi connectivity index (χ4n) is 4.45. The average molecular weight is 390 g/mol. The van der Waals surface area contributed by atoms with E-state index >= 15 is 0 Å². The molecule has 1 saturated carbocycles. The lowest BCUT2D eigenvalue weighted by Crippen LogP contribution is -2.48. The second kappa shape index (κ2) is 10.4. The fourth-order valence-corrected chi connectivity index (χ4v) is 4.45. The molecular formula is C24H39NO3. The second-order valence-corrected chi connectivity index (χ2v) is 8.59. The Morgan fingerprint density at radius 2 is 1.75 bits per heavy atom. The van der Waals surface area contributed by atoms with Crippen molar-refractivity contribution in [1.82, 2.24) is 0 Å². The van der Waals surface area contributed by atoms with Gasteiger partial charge in [0.05, 0.1) is 5.60 Å². The Bertz CT molecular complexity index is 603. The van der Waals surface area contributed by atoms with Gasteiger partial charge in [-0.3, -0.25) is 4.79 Å². The van der Waals surface area contributed by atoms with E-state index < -0.39 is 5.60 Å². The number of benzene rings is 1. The van der Waals surface area contributed by atoms with Crippen molar-refractivity contribution in [2.75, 3.05) is 25.7 Å². The summed E-state index contributed by atoms with van der Waals surface area (Å²) in [6, 6.07) is 8.31. The Hall–Kier alpha value is -1.39. The standard InChI is InChI=1S/C24H39NO3/c1-5-7-14-24(27)17-15-23(6-2,16-18-24)22(26)25(3)21-12-10-20(11-13-21)9-8-19-28-4/h10-13,27H,5-9,14-19H2,1-4H3. The molecule has 0 aromatic heterocycles. The largest absolute Gasteiger partial charge is 0.390 e. The minimum absolute atomic E-state index is 0.194. The van der Waals surface area contributed by atoms with Crippen LogP contribution in [0.15, 0.2) is 24.3 Å². The molecule has 1 aliphatic carbocycles. The third kappa shape index (κ3) is 5.57. The fraction of sp³-hybridized carbons (Fsp3) is 0.708. The average Bonchev–Trinajstić information content (AvgIpc) is 2.73. The predicted molar refractivity (Wildman–Crippen MR) is 116 cm³/mol. The zero-order valence-electron chi connectivity index (χ0n) is 18.3. The number of anilines is 1. The molecule has 1 N–H and O–H groups in total. The summed E-state index contributed by atoms with van der Waals surface area (Å²) in [5.74, 6) is 0.194. The molecule has 0 spiro atoms. The van der Waals surface area contributed by atoms with Gasteiger partial charge in [-0.05, 0) is 69.1 Å². The van der Waals surface area contributed by atoms with Gasteiger partial charge in [-0.1, -0.05) is 38.8 Å². The van der Waals surface area contributed by atoms with E-state index in [-0.39, 0.29) is 11.3 Å². The normalized spacial score (nSPS) is 24.9. The van der Waals surface area contributed by atoms with Crippen LogP contribution in [0.4, 0.5) is 5.69 Å². The lowest BCUT2D eigenvalue weighted by atomic mass is 9.65. The first-order valence-corrected chi connectivity index (χ1v) is 11.0. The third-order valence-electron chi connectivity index (χ3n) is 6.71. The quantitative estimate of drug-likeness (QED) is 0.565. The monoisotopic (exact) mass is 389 g/mol. The smallest absolute Gasteiger partial charge is 0.232 e. The van der Waals surface area contributed by atoms with Crippen LogP contribution in [0.3, 0.4) is 0 Å². The number of aliphatic hydroxyl groups is 1. The molecule has 0 unspecified atom stereocenters. The van der Waals surface area contributed by atoms with E-state index in [1.165, 1.54) is 5.56 Å². The SMILES string of the molecule is CCCCC1(O)CCC(CC)(C(=O)N(C)c2ccc(CCCOC)cc2)CC1. The summed E-state index contributed by atoms with van der Waals surface area (Å²) >= 11 is 0. The Labute approximate surface area is 171 Å². The van der Waals surface area contributed by atoms with Crippen molar-refractivity contribution in [2.24, 2.45) is 5.41 Å². The first kappa shape index (κ1) is 22.9. The van der Waals surface area contributed by atoms with Crippen molar-refractivity contribution in [3.63, 3.8) is 0 Å². The molecule has 1 amide bonds. The number of aryl methyl sites for hydroxylation is 1. The van der Waals surface area contributed by atoms with Crippen LogP contribution in [0.1, 0.15) is 77.2 Å². The highest BCUT2D eigenvalue weighted by molar-refractivity contribution is 5.97. The van der Waals surface area contributed by atoms with E-state index in [1.54, 1.807) is 7.11 Å². The molecule has 0 bridgehead atoms. The van der Waals surface area contributed by atoms with Crippen molar-refractivity contribution in [3.05, 3.63) is 29.8 Å². The van der Waals surface area contributed by atoms with Crippen LogP contribution in [0.2, 0.25) is 0 Å². The molecule has 1 aliphatic rings. The van der Waals surface area contributed by atoms with Gasteiger partial charge in [0.15, 0.2) is 0 Å². The molecule has 1 aromatic rings. The second-order valence-electron chi connectivity index (χ2n) is 8.59. The molecule has 0 saturated heterocycles. The van der Waals surface area contributed by atoms with Gasteiger partial charge in [-0.15, -0.1) is 0 Å². The van der Waals surface area contributed by atoms with Crippen LogP contribution in [0.5, 0.6) is 0 Å². The maximum absolute atomic E-state index is 13.4. The van der Waals surface area contributed by atoms with Gasteiger partial charge < -0.3 is 14.7 Å². The van der Waals surface area contributed by atoms with Crippen molar-refractivity contribution < 1.29 is 14.6 Å². The van der Waals surface area contributed by atoms with Gasteiger partial charge >= 0.3 is 0 Å². The van der Waals surface area contributed by atoms with Gasteiger partial charge in [-0.25, -0.2) is 0 Å². The minimum Gasteiger partial charge on any atom is -0.390 e. The molecule has 1 fully saturated rings. The van der Waals surface area contributed by atoms with Crippen molar-refractivity contribution in [1.29, 1.82) is 0 Å². The maximum Gasteiger partial charge on any atom is 0.232 e. The van der Waals surface area contributed by atoms with Crippen LogP contribution in [0, 0.1) is 5.41 Å². The van der Waals surface area contributed by atoms with Crippen LogP contribution >= 0.6 is 0 Å². The molecule has 4 heteroatoms. The first-order chi connectivity index (χ1) is 13.4. The predicted octanol–water partition coefficient (Wildman–Crippen LogP) is 5.12. The molecule has 4 nitrogen and oxygen atoms in total. The molecule has 0 aliphatic heterocycles. The molecule has 2 rings (SSSR count). The number of carbonyl (C=O) groups is 1. The summed E-state index contributed by atoms with van der Waals surface area (Å²) in [5.41, 5.74) is 1.30. The van der Waals surface area contributed by atoms with Crippen LogP contribution in [0.25, 0.3) is 0 Å². The molecule has 1 aromatic carbocycles. The van der Waals surface area contributed by atoms with Crippen molar-refractivity contribution in [3.8, 4) is 0 Å². The van der Waals surface area contributed by atoms with Gasteiger partial charge in [0.2, 0.25) is 5.91 Å². The van der Waals surface area contributed by atoms with E-state index in [1.807, 2.05) is 24.1 Å². The van der Waals surface area contributed by atoms with Crippen LogP contribution < -0.4 is 4.90 Å². The molecule has 0 heterocycles. The number of methoxy groups -OCH3 is 1. The van der Waals surface area contributed by atoms with Gasteiger partial charge in [0.25, 0.3) is 0 Å². The summed E-state index contributed by atoms with van der Waals surface area (Å²) in [5, 5.41) is 10.9. The first-order valence-electron chi connectivity index (χ1n) is 11.0. The summed E-state index contributed by atoms with van der Waals surface area (Å²) in [6.45, 7) is 5.04. The molecular weight excluding hydrogens is 350 g/mol. The number of hydrogen-bond acceptors (Lipinski definition) is 3. The topological polar surface area (TPSA) is 49.8 Å². The van der Waals surface area contributed by atoms with Crippen molar-refractivity contribution >= 4 is 11.6 Å². The van der Waals surface area contributed by atoms with E-state index in [9.17, 15) is 9.90 Å². The van der Waals surface area contributed by atoms with E-state index in [2.05, 4.69) is 26.0 Å². The number of amides is 1. The Morgan fingerprint density at radius 3 is 2.29 bits per heavy atom. The minimum atomic E-state index is -0.572. The highest BCUT2D eigenvalue weighted by Gasteiger charge is 2.46. The lowest BCUT2D eigenvalue weighted by Gasteiger charge is -2.44. The lowest BCUT2D eigenvalue weighted by molar-refractivity contribution is -0.134. The number of ether oxygens (including phenoxy) is 1. The number of carbonyl (C=O) groups excluding carboxylic acids is 1. The molecule has 28 heavy (non-hydrogen) atoms. The zero-order chi connectivity index (χ0) is 20.6. The highest BCUT2D eigenvalue weighted by Crippen LogP contribution is 2.46. The van der Waals surface area contributed by atoms with E-state index in [0.717, 1.165) is 76.5 Å².